The van der Waals surface area contributed by atoms with Gasteiger partial charge in [-0.25, -0.2) is 4.79 Å². The van der Waals surface area contributed by atoms with Crippen LogP contribution in [0.5, 0.6) is 11.5 Å². The van der Waals surface area contributed by atoms with Crippen LogP contribution in [0.25, 0.3) is 10.4 Å². The van der Waals surface area contributed by atoms with Crippen LogP contribution < -0.4 is 20.1 Å². The van der Waals surface area contributed by atoms with Gasteiger partial charge < -0.3 is 24.8 Å². The molecule has 0 unspecified atom stereocenters. The number of carbonyl (C=O) groups excluding carboxylic acids is 3. The van der Waals surface area contributed by atoms with Crippen LogP contribution >= 0.6 is 22.7 Å². The minimum atomic E-state index is -0.703. The van der Waals surface area contributed by atoms with Gasteiger partial charge in [-0.2, -0.15) is 0 Å². The van der Waals surface area contributed by atoms with E-state index in [-0.39, 0.29) is 11.5 Å². The van der Waals surface area contributed by atoms with Crippen LogP contribution in [0, 0.1) is 0 Å². The van der Waals surface area contributed by atoms with Crippen LogP contribution in [0.15, 0.2) is 41.1 Å². The monoisotopic (exact) mass is 460 g/mol. The molecule has 0 saturated heterocycles. The van der Waals surface area contributed by atoms with Crippen molar-refractivity contribution < 1.29 is 28.6 Å². The summed E-state index contributed by atoms with van der Waals surface area (Å²) < 4.78 is 15.6. The molecule has 0 saturated carbocycles. The lowest BCUT2D eigenvalue weighted by Crippen LogP contribution is -2.22. The van der Waals surface area contributed by atoms with E-state index in [4.69, 9.17) is 14.2 Å². The first-order valence-corrected chi connectivity index (χ1v) is 10.8. The molecule has 0 aliphatic carbocycles. The topological polar surface area (TPSA) is 103 Å². The van der Waals surface area contributed by atoms with Gasteiger partial charge in [0.25, 0.3) is 5.91 Å². The molecule has 2 N–H and O–H groups in total. The Bertz CT molecular complexity index is 1090. The van der Waals surface area contributed by atoms with Gasteiger partial charge in [0.2, 0.25) is 5.91 Å². The van der Waals surface area contributed by atoms with Gasteiger partial charge in [-0.3, -0.25) is 9.59 Å². The predicted molar refractivity (Wildman–Crippen MR) is 120 cm³/mol. The lowest BCUT2D eigenvalue weighted by atomic mass is 10.1. The summed E-state index contributed by atoms with van der Waals surface area (Å²) in [6.07, 6.45) is 0. The van der Waals surface area contributed by atoms with Crippen molar-refractivity contribution >= 4 is 51.1 Å². The summed E-state index contributed by atoms with van der Waals surface area (Å²) in [5.74, 6) is -0.566. The highest BCUT2D eigenvalue weighted by molar-refractivity contribution is 7.17. The van der Waals surface area contributed by atoms with Crippen molar-refractivity contribution in [3.05, 3.63) is 46.7 Å². The zero-order chi connectivity index (χ0) is 22.4. The minimum absolute atomic E-state index is 0.220. The Labute approximate surface area is 186 Å². The molecule has 162 valence electrons. The second-order valence-corrected chi connectivity index (χ2v) is 8.03. The number of esters is 1. The molecule has 0 atom stereocenters. The highest BCUT2D eigenvalue weighted by Crippen LogP contribution is 2.38. The zero-order valence-corrected chi connectivity index (χ0v) is 18.6. The van der Waals surface area contributed by atoms with Crippen molar-refractivity contribution in [1.29, 1.82) is 0 Å². The number of methoxy groups -OCH3 is 2. The average molecular weight is 461 g/mol. The Morgan fingerprint density at radius 3 is 2.48 bits per heavy atom. The Morgan fingerprint density at radius 1 is 1.03 bits per heavy atom. The molecular weight excluding hydrogens is 440 g/mol. The van der Waals surface area contributed by atoms with E-state index in [1.54, 1.807) is 23.6 Å². The van der Waals surface area contributed by atoms with Gasteiger partial charge >= 0.3 is 5.97 Å². The summed E-state index contributed by atoms with van der Waals surface area (Å²) in [6.45, 7) is 0.850. The third-order valence-electron chi connectivity index (χ3n) is 4.09. The van der Waals surface area contributed by atoms with Gasteiger partial charge in [0, 0.05) is 28.8 Å². The van der Waals surface area contributed by atoms with Gasteiger partial charge in [0.05, 0.1) is 19.9 Å². The maximum Gasteiger partial charge on any atom is 0.342 e. The summed E-state index contributed by atoms with van der Waals surface area (Å²) in [5.41, 5.74) is 1.28. The van der Waals surface area contributed by atoms with Gasteiger partial charge in [-0.05, 0) is 23.6 Å². The summed E-state index contributed by atoms with van der Waals surface area (Å²) in [7, 11) is 2.99. The van der Waals surface area contributed by atoms with Crippen LogP contribution in [0.4, 0.5) is 10.7 Å². The Balaban J connectivity index is 1.73. The molecule has 2 amide bonds. The molecule has 0 spiro atoms. The molecule has 0 radical (unpaired) electrons. The van der Waals surface area contributed by atoms with Crippen molar-refractivity contribution in [3.8, 4) is 21.9 Å². The van der Waals surface area contributed by atoms with Crippen LogP contribution in [0.3, 0.4) is 0 Å². The smallest absolute Gasteiger partial charge is 0.342 e. The van der Waals surface area contributed by atoms with Gasteiger partial charge in [0.1, 0.15) is 22.1 Å². The molecule has 0 fully saturated rings. The molecule has 3 aromatic rings. The SMILES string of the molecule is COc1ccc(NC(=O)COC(=O)c2c(-c3cccs3)csc2NC(C)=O)c(OC)c1. The fourth-order valence-electron chi connectivity index (χ4n) is 2.72. The Hall–Kier alpha value is -3.37. The number of ether oxygens (including phenoxy) is 3. The maximum atomic E-state index is 12.8. The summed E-state index contributed by atoms with van der Waals surface area (Å²) in [6, 6.07) is 8.65. The van der Waals surface area contributed by atoms with Gasteiger partial charge in [0.15, 0.2) is 6.61 Å². The molecule has 0 aliphatic rings. The number of nitrogens with one attached hydrogen (secondary N) is 2. The first kappa shape index (κ1) is 22.3. The molecule has 10 heteroatoms. The molecule has 31 heavy (non-hydrogen) atoms. The second kappa shape index (κ2) is 10.1. The molecule has 2 heterocycles. The number of benzene rings is 1. The zero-order valence-electron chi connectivity index (χ0n) is 17.0. The number of hydrogen-bond acceptors (Lipinski definition) is 8. The minimum Gasteiger partial charge on any atom is -0.497 e. The summed E-state index contributed by atoms with van der Waals surface area (Å²) >= 11 is 2.68. The molecule has 0 bridgehead atoms. The number of hydrogen-bond donors (Lipinski definition) is 2. The third kappa shape index (κ3) is 5.41. The van der Waals surface area contributed by atoms with E-state index in [1.165, 1.54) is 43.8 Å². The molecule has 0 aliphatic heterocycles. The normalized spacial score (nSPS) is 10.3. The first-order valence-electron chi connectivity index (χ1n) is 9.05. The summed E-state index contributed by atoms with van der Waals surface area (Å²) in [4.78, 5) is 37.5. The van der Waals surface area contributed by atoms with Crippen LogP contribution in [-0.4, -0.2) is 38.6 Å². The molecular formula is C21H20N2O6S2. The number of anilines is 2. The molecule has 3 rings (SSSR count). The largest absolute Gasteiger partial charge is 0.497 e. The van der Waals surface area contributed by atoms with E-state index < -0.39 is 18.5 Å². The molecule has 8 nitrogen and oxygen atoms in total. The van der Waals surface area contributed by atoms with E-state index in [0.717, 1.165) is 4.88 Å². The van der Waals surface area contributed by atoms with Crippen molar-refractivity contribution in [2.24, 2.45) is 0 Å². The van der Waals surface area contributed by atoms with E-state index >= 15 is 0 Å². The number of rotatable bonds is 8. The number of carbonyl (C=O) groups is 3. The lowest BCUT2D eigenvalue weighted by Gasteiger charge is -2.12. The van der Waals surface area contributed by atoms with Gasteiger partial charge in [-0.1, -0.05) is 6.07 Å². The highest BCUT2D eigenvalue weighted by atomic mass is 32.1. The van der Waals surface area contributed by atoms with E-state index in [1.807, 2.05) is 17.5 Å². The van der Waals surface area contributed by atoms with Crippen molar-refractivity contribution in [2.45, 2.75) is 6.92 Å². The van der Waals surface area contributed by atoms with E-state index in [0.29, 0.717) is 27.8 Å². The lowest BCUT2D eigenvalue weighted by molar-refractivity contribution is -0.119. The highest BCUT2D eigenvalue weighted by Gasteiger charge is 2.24. The Morgan fingerprint density at radius 2 is 1.84 bits per heavy atom. The average Bonchev–Trinajstić information content (AvgIpc) is 3.41. The number of thiophene rings is 2. The Kier molecular flexibility index (Phi) is 7.27. The van der Waals surface area contributed by atoms with Crippen molar-refractivity contribution in [2.75, 3.05) is 31.5 Å². The maximum absolute atomic E-state index is 12.8. The first-order chi connectivity index (χ1) is 14.9. The van der Waals surface area contributed by atoms with Crippen LogP contribution in [0.2, 0.25) is 0 Å². The van der Waals surface area contributed by atoms with Gasteiger partial charge in [-0.15, -0.1) is 22.7 Å². The molecule has 2 aromatic heterocycles. The standard InChI is InChI=1S/C21H20N2O6S2/c1-12(24)22-20-19(14(11-31-20)17-5-4-8-30-17)21(26)29-10-18(25)23-15-7-6-13(27-2)9-16(15)28-3/h4-9,11H,10H2,1-3H3,(H,22,24)(H,23,25). The fourth-order valence-corrected chi connectivity index (χ4v) is 4.53. The number of amides is 2. The van der Waals surface area contributed by atoms with Crippen LogP contribution in [-0.2, 0) is 14.3 Å². The van der Waals surface area contributed by atoms with E-state index in [2.05, 4.69) is 10.6 Å². The van der Waals surface area contributed by atoms with E-state index in [9.17, 15) is 14.4 Å². The van der Waals surface area contributed by atoms with Crippen LogP contribution in [0.1, 0.15) is 17.3 Å². The third-order valence-corrected chi connectivity index (χ3v) is 5.89. The fraction of sp³-hybridized carbons (Fsp3) is 0.190. The predicted octanol–water partition coefficient (Wildman–Crippen LogP) is 4.25. The van der Waals surface area contributed by atoms with Crippen molar-refractivity contribution in [3.63, 3.8) is 0 Å². The summed E-state index contributed by atoms with van der Waals surface area (Å²) in [5, 5.41) is 9.32. The second-order valence-electron chi connectivity index (χ2n) is 6.20. The van der Waals surface area contributed by atoms with Crippen molar-refractivity contribution in [1.82, 2.24) is 0 Å². The molecule has 1 aromatic carbocycles. The quantitative estimate of drug-likeness (QED) is 0.487.